The van der Waals surface area contributed by atoms with Crippen molar-refractivity contribution in [2.24, 2.45) is 5.92 Å². The van der Waals surface area contributed by atoms with E-state index < -0.39 is 0 Å². The van der Waals surface area contributed by atoms with Crippen molar-refractivity contribution in [3.63, 3.8) is 0 Å². The number of halogens is 1. The lowest BCUT2D eigenvalue weighted by molar-refractivity contribution is -0.123. The fraction of sp³-hybridized carbons (Fsp3) is 0.412. The van der Waals surface area contributed by atoms with Crippen molar-refractivity contribution >= 4 is 5.91 Å². The third-order valence-corrected chi connectivity index (χ3v) is 4.01. The van der Waals surface area contributed by atoms with Crippen molar-refractivity contribution in [2.75, 3.05) is 6.61 Å². The Labute approximate surface area is 134 Å². The number of hydrogen-bond acceptors (Lipinski definition) is 3. The third kappa shape index (κ3) is 3.42. The zero-order valence-electron chi connectivity index (χ0n) is 13.3. The van der Waals surface area contributed by atoms with Gasteiger partial charge in [0.05, 0.1) is 17.7 Å². The van der Waals surface area contributed by atoms with Gasteiger partial charge in [-0.3, -0.25) is 4.79 Å². The van der Waals surface area contributed by atoms with Crippen LogP contribution in [0.1, 0.15) is 24.7 Å². The molecule has 23 heavy (non-hydrogen) atoms. The molecule has 0 aliphatic heterocycles. The molecule has 1 aromatic carbocycles. The maximum Gasteiger partial charge on any atom is 0.226 e. The topological polar surface area (TPSA) is 56.1 Å². The van der Waals surface area contributed by atoms with Crippen LogP contribution in [0.25, 0.3) is 5.69 Å². The normalized spacial score (nSPS) is 19.6. The van der Waals surface area contributed by atoms with E-state index in [9.17, 15) is 9.18 Å². The molecule has 1 fully saturated rings. The highest BCUT2D eigenvalue weighted by Crippen LogP contribution is 2.33. The number of amides is 1. The summed E-state index contributed by atoms with van der Waals surface area (Å²) in [7, 11) is 0. The van der Waals surface area contributed by atoms with Gasteiger partial charge in [0.1, 0.15) is 11.6 Å². The molecule has 1 aromatic heterocycles. The summed E-state index contributed by atoms with van der Waals surface area (Å²) < 4.78 is 21.4. The summed E-state index contributed by atoms with van der Waals surface area (Å²) >= 11 is 0. The number of carbonyl (C=O) groups excluding carboxylic acids is 1. The summed E-state index contributed by atoms with van der Waals surface area (Å²) in [6, 6.07) is 4.96. The van der Waals surface area contributed by atoms with E-state index in [0.29, 0.717) is 18.8 Å². The Morgan fingerprint density at radius 2 is 2.35 bits per heavy atom. The number of aryl methyl sites for hydroxylation is 1. The van der Waals surface area contributed by atoms with E-state index in [4.69, 9.17) is 4.74 Å². The first-order valence-electron chi connectivity index (χ1n) is 7.78. The minimum absolute atomic E-state index is 0.0293. The molecule has 3 rings (SSSR count). The van der Waals surface area contributed by atoms with E-state index in [-0.39, 0.29) is 23.7 Å². The Kier molecular flexibility index (Phi) is 4.43. The Balaban J connectivity index is 1.61. The average Bonchev–Trinajstić information content (AvgIpc) is 3.18. The van der Waals surface area contributed by atoms with E-state index >= 15 is 0 Å². The quantitative estimate of drug-likeness (QED) is 0.890. The molecule has 5 nitrogen and oxygen atoms in total. The first-order chi connectivity index (χ1) is 11.1. The van der Waals surface area contributed by atoms with Gasteiger partial charge in [0, 0.05) is 25.5 Å². The van der Waals surface area contributed by atoms with E-state index in [2.05, 4.69) is 10.3 Å². The van der Waals surface area contributed by atoms with Crippen LogP contribution in [0.15, 0.2) is 30.6 Å². The highest BCUT2D eigenvalue weighted by Gasteiger charge is 2.43. The lowest BCUT2D eigenvalue weighted by Gasteiger charge is -2.09. The van der Waals surface area contributed by atoms with Crippen LogP contribution >= 0.6 is 0 Å². The predicted octanol–water partition coefficient (Wildman–Crippen LogP) is 2.36. The molecule has 1 heterocycles. The van der Waals surface area contributed by atoms with Gasteiger partial charge in [0.15, 0.2) is 0 Å². The number of benzene rings is 1. The lowest BCUT2D eigenvalue weighted by atomic mass is 10.2. The molecule has 1 N–H and O–H groups in total. The van der Waals surface area contributed by atoms with Crippen LogP contribution in [0.4, 0.5) is 4.39 Å². The van der Waals surface area contributed by atoms with Crippen molar-refractivity contribution in [1.29, 1.82) is 0 Å². The molecule has 6 heteroatoms. The standard InChI is InChI=1S/C17H20FN3O2/c1-3-23-16-9-13(16)17(22)20-10-12-4-5-15(14(18)8-12)21-7-6-19-11(21)2/h4-8,13,16H,3,9-10H2,1-2H3,(H,20,22)/t13-,16-/m0/s1. The SMILES string of the molecule is CCO[C@H]1C[C@@H]1C(=O)NCc1ccc(-n2ccnc2C)c(F)c1. The molecule has 1 aliphatic rings. The van der Waals surface area contributed by atoms with E-state index in [1.165, 1.54) is 6.07 Å². The van der Waals surface area contributed by atoms with Crippen molar-refractivity contribution in [1.82, 2.24) is 14.9 Å². The van der Waals surface area contributed by atoms with Gasteiger partial charge in [-0.2, -0.15) is 0 Å². The maximum absolute atomic E-state index is 14.3. The first-order valence-corrected chi connectivity index (χ1v) is 7.78. The molecule has 122 valence electrons. The Bertz CT molecular complexity index is 714. The molecule has 1 amide bonds. The smallest absolute Gasteiger partial charge is 0.226 e. The molecule has 2 atom stereocenters. The van der Waals surface area contributed by atoms with Gasteiger partial charge in [-0.15, -0.1) is 0 Å². The Hall–Kier alpha value is -2.21. The molecular formula is C17H20FN3O2. The lowest BCUT2D eigenvalue weighted by Crippen LogP contribution is -2.26. The summed E-state index contributed by atoms with van der Waals surface area (Å²) in [5, 5.41) is 2.84. The predicted molar refractivity (Wildman–Crippen MR) is 83.6 cm³/mol. The van der Waals surface area contributed by atoms with Crippen LogP contribution in [0, 0.1) is 18.7 Å². The number of nitrogens with one attached hydrogen (secondary N) is 1. The monoisotopic (exact) mass is 317 g/mol. The van der Waals surface area contributed by atoms with E-state index in [1.54, 1.807) is 23.0 Å². The summed E-state index contributed by atoms with van der Waals surface area (Å²) in [4.78, 5) is 16.0. The van der Waals surface area contributed by atoms with Gasteiger partial charge in [-0.1, -0.05) is 6.07 Å². The highest BCUT2D eigenvalue weighted by molar-refractivity contribution is 5.82. The Morgan fingerprint density at radius 3 is 3.00 bits per heavy atom. The van der Waals surface area contributed by atoms with Gasteiger partial charge in [-0.25, -0.2) is 9.37 Å². The van der Waals surface area contributed by atoms with Gasteiger partial charge in [0.2, 0.25) is 5.91 Å². The second-order valence-electron chi connectivity index (χ2n) is 5.68. The number of hydrogen-bond donors (Lipinski definition) is 1. The molecule has 0 bridgehead atoms. The van der Waals surface area contributed by atoms with Crippen LogP contribution in [-0.2, 0) is 16.1 Å². The van der Waals surface area contributed by atoms with E-state index in [1.807, 2.05) is 19.9 Å². The molecule has 1 saturated carbocycles. The number of ether oxygens (including phenoxy) is 1. The molecule has 1 aliphatic carbocycles. The summed E-state index contributed by atoms with van der Waals surface area (Å²) in [6.45, 7) is 4.67. The van der Waals surface area contributed by atoms with Crippen LogP contribution in [0.2, 0.25) is 0 Å². The average molecular weight is 317 g/mol. The summed E-state index contributed by atoms with van der Waals surface area (Å²) in [5.74, 6) is 0.295. The van der Waals surface area contributed by atoms with Gasteiger partial charge < -0.3 is 14.6 Å². The minimum atomic E-state index is -0.337. The maximum atomic E-state index is 14.3. The zero-order chi connectivity index (χ0) is 16.4. The zero-order valence-corrected chi connectivity index (χ0v) is 13.3. The largest absolute Gasteiger partial charge is 0.378 e. The molecular weight excluding hydrogens is 297 g/mol. The van der Waals surface area contributed by atoms with Gasteiger partial charge >= 0.3 is 0 Å². The fourth-order valence-corrected chi connectivity index (χ4v) is 2.65. The molecule has 0 saturated heterocycles. The van der Waals surface area contributed by atoms with Gasteiger partial charge in [-0.05, 0) is 38.0 Å². The first kappa shape index (κ1) is 15.7. The Morgan fingerprint density at radius 1 is 1.52 bits per heavy atom. The molecule has 0 spiro atoms. The van der Waals surface area contributed by atoms with Crippen LogP contribution < -0.4 is 5.32 Å². The van der Waals surface area contributed by atoms with Crippen LogP contribution in [-0.4, -0.2) is 28.2 Å². The number of aromatic nitrogens is 2. The van der Waals surface area contributed by atoms with Crippen LogP contribution in [0.3, 0.4) is 0 Å². The fourth-order valence-electron chi connectivity index (χ4n) is 2.65. The number of imidazole rings is 1. The number of nitrogens with zero attached hydrogens (tertiary/aromatic N) is 2. The second kappa shape index (κ2) is 6.50. The minimum Gasteiger partial charge on any atom is -0.378 e. The van der Waals surface area contributed by atoms with Crippen molar-refractivity contribution in [3.05, 3.63) is 47.8 Å². The number of carbonyl (C=O) groups is 1. The van der Waals surface area contributed by atoms with Crippen molar-refractivity contribution in [2.45, 2.75) is 32.9 Å². The summed E-state index contributed by atoms with van der Waals surface area (Å²) in [6.07, 6.45) is 4.17. The van der Waals surface area contributed by atoms with Crippen LogP contribution in [0.5, 0.6) is 0 Å². The van der Waals surface area contributed by atoms with Crippen molar-refractivity contribution < 1.29 is 13.9 Å². The molecule has 0 radical (unpaired) electrons. The van der Waals surface area contributed by atoms with Crippen molar-refractivity contribution in [3.8, 4) is 5.69 Å². The number of rotatable bonds is 6. The van der Waals surface area contributed by atoms with Gasteiger partial charge in [0.25, 0.3) is 0 Å². The molecule has 0 unspecified atom stereocenters. The second-order valence-corrected chi connectivity index (χ2v) is 5.68. The molecule has 2 aromatic rings. The third-order valence-electron chi connectivity index (χ3n) is 4.01. The highest BCUT2D eigenvalue weighted by atomic mass is 19.1. The van der Waals surface area contributed by atoms with E-state index in [0.717, 1.165) is 17.8 Å². The summed E-state index contributed by atoms with van der Waals surface area (Å²) in [5.41, 5.74) is 1.18.